The fourth-order valence-corrected chi connectivity index (χ4v) is 0. The van der Waals surface area contributed by atoms with Crippen molar-refractivity contribution in [2.45, 2.75) is 0 Å². The van der Waals surface area contributed by atoms with Gasteiger partial charge in [-0.25, -0.2) is 9.59 Å². The van der Waals surface area contributed by atoms with E-state index in [1.54, 1.807) is 0 Å². The third-order valence-electron chi connectivity index (χ3n) is 0.183. The SMILES string of the molecule is O=C(O)C(=O)O.[NH2-].[Zn]. The van der Waals surface area contributed by atoms with Crippen molar-refractivity contribution in [2.75, 3.05) is 0 Å². The van der Waals surface area contributed by atoms with Crippen LogP contribution in [0.25, 0.3) is 6.15 Å². The third kappa shape index (κ3) is 9.10. The molecule has 0 fully saturated rings. The molecular weight excluding hydrogens is 167 g/mol. The number of nitrogens with two attached hydrogens (primary N) is 1. The Morgan fingerprint density at radius 3 is 1.12 bits per heavy atom. The van der Waals surface area contributed by atoms with E-state index in [9.17, 15) is 0 Å². The van der Waals surface area contributed by atoms with Crippen LogP contribution in [0.15, 0.2) is 0 Å². The van der Waals surface area contributed by atoms with Crippen LogP contribution in [0.1, 0.15) is 0 Å². The molecule has 5 nitrogen and oxygen atoms in total. The van der Waals surface area contributed by atoms with Crippen LogP contribution < -0.4 is 0 Å². The standard InChI is InChI=1S/C2H2O4.H2N.Zn/c3-1(4)2(5)6;;/h(H,3,4)(H,5,6);1H2;/q;-1;. The first kappa shape index (κ1) is 15.6. The summed E-state index contributed by atoms with van der Waals surface area (Å²) in [5.74, 6) is -3.65. The summed E-state index contributed by atoms with van der Waals surface area (Å²) >= 11 is 0. The fourth-order valence-electron chi connectivity index (χ4n) is 0. The van der Waals surface area contributed by atoms with Gasteiger partial charge in [0.05, 0.1) is 0 Å². The van der Waals surface area contributed by atoms with Gasteiger partial charge >= 0.3 is 11.9 Å². The van der Waals surface area contributed by atoms with Crippen LogP contribution in [0.3, 0.4) is 0 Å². The van der Waals surface area contributed by atoms with Gasteiger partial charge in [0.25, 0.3) is 0 Å². The van der Waals surface area contributed by atoms with E-state index in [4.69, 9.17) is 19.8 Å². The molecule has 0 aromatic heterocycles. The normalized spacial score (nSPS) is 5.50. The number of hydrogen-bond acceptors (Lipinski definition) is 2. The first-order valence-corrected chi connectivity index (χ1v) is 1.11. The molecule has 0 saturated heterocycles. The molecule has 0 unspecified atom stereocenters. The molecule has 6 heteroatoms. The maximum Gasteiger partial charge on any atom is 0.414 e. The summed E-state index contributed by atoms with van der Waals surface area (Å²) in [5, 5.41) is 14.8. The zero-order chi connectivity index (χ0) is 5.15. The molecular formula is C2H4NO4Zn-. The summed E-state index contributed by atoms with van der Waals surface area (Å²) in [7, 11) is 0. The zero-order valence-electron chi connectivity index (χ0n) is 4.00. The first-order chi connectivity index (χ1) is 2.64. The van der Waals surface area contributed by atoms with E-state index in [-0.39, 0.29) is 25.6 Å². The fraction of sp³-hybridized carbons (Fsp3) is 0. The van der Waals surface area contributed by atoms with E-state index >= 15 is 0 Å². The summed E-state index contributed by atoms with van der Waals surface area (Å²) in [4.78, 5) is 18.2. The van der Waals surface area contributed by atoms with Crippen LogP contribution in [-0.4, -0.2) is 22.2 Å². The molecule has 8 heavy (non-hydrogen) atoms. The third-order valence-corrected chi connectivity index (χ3v) is 0.183. The van der Waals surface area contributed by atoms with Gasteiger partial charge in [0.15, 0.2) is 0 Å². The number of carboxylic acid groups (broad SMARTS) is 2. The molecule has 0 heterocycles. The smallest absolute Gasteiger partial charge is 0.414 e. The summed E-state index contributed by atoms with van der Waals surface area (Å²) in [6.07, 6.45) is 0. The molecule has 0 aliphatic carbocycles. The Labute approximate surface area is 58.0 Å². The second kappa shape index (κ2) is 6.52. The predicted molar refractivity (Wildman–Crippen MR) is 20.6 cm³/mol. The van der Waals surface area contributed by atoms with Crippen molar-refractivity contribution in [1.29, 1.82) is 0 Å². The van der Waals surface area contributed by atoms with Crippen molar-refractivity contribution in [3.63, 3.8) is 0 Å². The first-order valence-electron chi connectivity index (χ1n) is 1.11. The van der Waals surface area contributed by atoms with E-state index in [0.717, 1.165) is 0 Å². The van der Waals surface area contributed by atoms with Crippen molar-refractivity contribution < 1.29 is 39.3 Å². The molecule has 44 valence electrons. The molecule has 0 atom stereocenters. The summed E-state index contributed by atoms with van der Waals surface area (Å²) in [6.45, 7) is 0. The van der Waals surface area contributed by atoms with Crippen LogP contribution >= 0.6 is 0 Å². The molecule has 4 N–H and O–H groups in total. The van der Waals surface area contributed by atoms with E-state index < -0.39 is 11.9 Å². The van der Waals surface area contributed by atoms with Crippen LogP contribution in [0, 0.1) is 0 Å². The van der Waals surface area contributed by atoms with Gasteiger partial charge in [-0.3, -0.25) is 0 Å². The Hall–Kier alpha value is -0.477. The Bertz CT molecular complexity index is 80.0. The van der Waals surface area contributed by atoms with Crippen LogP contribution in [0.2, 0.25) is 0 Å². The number of rotatable bonds is 0. The molecule has 0 aliphatic rings. The molecule has 0 rings (SSSR count). The molecule has 0 amide bonds. The van der Waals surface area contributed by atoms with Gasteiger partial charge in [-0.15, -0.1) is 0 Å². The van der Waals surface area contributed by atoms with Crippen molar-refractivity contribution in [3.8, 4) is 0 Å². The average molecular weight is 171 g/mol. The quantitative estimate of drug-likeness (QED) is 0.391. The number of hydrogen-bond donors (Lipinski definition) is 2. The molecule has 0 saturated carbocycles. The molecule has 0 aromatic carbocycles. The van der Waals surface area contributed by atoms with Gasteiger partial charge in [-0.1, -0.05) is 0 Å². The second-order valence-electron chi connectivity index (χ2n) is 0.610. The largest absolute Gasteiger partial charge is 0.693 e. The van der Waals surface area contributed by atoms with E-state index in [2.05, 4.69) is 0 Å². The Morgan fingerprint density at radius 2 is 1.12 bits per heavy atom. The van der Waals surface area contributed by atoms with Crippen molar-refractivity contribution in [3.05, 3.63) is 6.15 Å². The number of carboxylic acids is 2. The van der Waals surface area contributed by atoms with Gasteiger partial charge in [0.1, 0.15) is 0 Å². The maximum absolute atomic E-state index is 9.10. The average Bonchev–Trinajstić information content (AvgIpc) is 1.36. The summed E-state index contributed by atoms with van der Waals surface area (Å²) < 4.78 is 0. The number of carbonyl (C=O) groups is 2. The van der Waals surface area contributed by atoms with Gasteiger partial charge in [-0.05, 0) is 0 Å². The van der Waals surface area contributed by atoms with Crippen LogP contribution in [0.5, 0.6) is 0 Å². The molecule has 0 radical (unpaired) electrons. The van der Waals surface area contributed by atoms with Gasteiger partial charge in [0, 0.05) is 19.5 Å². The molecule has 0 spiro atoms. The van der Waals surface area contributed by atoms with Crippen molar-refractivity contribution in [2.24, 2.45) is 0 Å². The second-order valence-corrected chi connectivity index (χ2v) is 0.610. The zero-order valence-corrected chi connectivity index (χ0v) is 6.96. The van der Waals surface area contributed by atoms with Gasteiger partial charge in [0.2, 0.25) is 0 Å². The topological polar surface area (TPSA) is 108 Å². The van der Waals surface area contributed by atoms with Crippen molar-refractivity contribution in [1.82, 2.24) is 0 Å². The van der Waals surface area contributed by atoms with Gasteiger partial charge in [-0.2, -0.15) is 0 Å². The minimum atomic E-state index is -1.82. The minimum Gasteiger partial charge on any atom is -0.693 e. The van der Waals surface area contributed by atoms with Crippen LogP contribution in [0.4, 0.5) is 0 Å². The molecule has 0 aliphatic heterocycles. The summed E-state index contributed by atoms with van der Waals surface area (Å²) in [5.41, 5.74) is 0. The van der Waals surface area contributed by atoms with E-state index in [1.807, 2.05) is 0 Å². The minimum absolute atomic E-state index is 0. The maximum atomic E-state index is 9.10. The Balaban J connectivity index is -0.000000125. The van der Waals surface area contributed by atoms with Crippen molar-refractivity contribution >= 4 is 11.9 Å². The predicted octanol–water partition coefficient (Wildman–Crippen LogP) is -0.130. The molecule has 0 aromatic rings. The Morgan fingerprint density at radius 1 is 1.00 bits per heavy atom. The van der Waals surface area contributed by atoms with Crippen LogP contribution in [-0.2, 0) is 29.1 Å². The summed E-state index contributed by atoms with van der Waals surface area (Å²) in [6, 6.07) is 0. The van der Waals surface area contributed by atoms with E-state index in [0.29, 0.717) is 0 Å². The molecule has 0 bridgehead atoms. The Kier molecular flexibility index (Phi) is 12.8. The van der Waals surface area contributed by atoms with Gasteiger partial charge < -0.3 is 16.4 Å². The number of aliphatic carboxylic acids is 2. The van der Waals surface area contributed by atoms with E-state index in [1.165, 1.54) is 0 Å². The monoisotopic (exact) mass is 170 g/mol.